The van der Waals surface area contributed by atoms with E-state index in [0.717, 1.165) is 24.5 Å². The molecule has 0 aliphatic heterocycles. The highest BCUT2D eigenvalue weighted by atomic mass is 19.1. The minimum absolute atomic E-state index is 0.0110. The Balaban J connectivity index is 2.18. The SMILES string of the molecule is O=C(Nc1ccc(O)c(F)c1)c1c[nH]c(=O)cn1. The predicted molar refractivity (Wildman–Crippen MR) is 60.9 cm³/mol. The molecule has 0 unspecified atom stereocenters. The van der Waals surface area contributed by atoms with E-state index in [1.165, 1.54) is 6.07 Å². The summed E-state index contributed by atoms with van der Waals surface area (Å²) in [6, 6.07) is 3.42. The number of nitrogens with zero attached hydrogens (tertiary/aromatic N) is 1. The van der Waals surface area contributed by atoms with Gasteiger partial charge >= 0.3 is 0 Å². The molecule has 1 aromatic carbocycles. The van der Waals surface area contributed by atoms with E-state index in [1.54, 1.807) is 0 Å². The van der Waals surface area contributed by atoms with Crippen LogP contribution in [-0.2, 0) is 0 Å². The number of phenols is 1. The Morgan fingerprint density at radius 3 is 2.83 bits per heavy atom. The Morgan fingerprint density at radius 1 is 1.44 bits per heavy atom. The van der Waals surface area contributed by atoms with Crippen molar-refractivity contribution in [3.8, 4) is 5.75 Å². The number of H-pyrrole nitrogens is 1. The highest BCUT2D eigenvalue weighted by Crippen LogP contribution is 2.19. The first-order valence-corrected chi connectivity index (χ1v) is 4.91. The predicted octanol–water partition coefficient (Wildman–Crippen LogP) is 0.867. The van der Waals surface area contributed by atoms with Crippen molar-refractivity contribution in [3.63, 3.8) is 0 Å². The third-order valence-electron chi connectivity index (χ3n) is 2.11. The van der Waals surface area contributed by atoms with Gasteiger partial charge < -0.3 is 15.4 Å². The largest absolute Gasteiger partial charge is 0.505 e. The van der Waals surface area contributed by atoms with Crippen LogP contribution in [0.1, 0.15) is 10.5 Å². The average molecular weight is 249 g/mol. The van der Waals surface area contributed by atoms with Crippen LogP contribution >= 0.6 is 0 Å². The summed E-state index contributed by atoms with van der Waals surface area (Å²) in [7, 11) is 0. The van der Waals surface area contributed by atoms with Crippen molar-refractivity contribution in [2.45, 2.75) is 0 Å². The third kappa shape index (κ3) is 2.51. The molecule has 1 aromatic heterocycles. The number of nitrogens with one attached hydrogen (secondary N) is 2. The highest BCUT2D eigenvalue weighted by molar-refractivity contribution is 6.02. The van der Waals surface area contributed by atoms with E-state index in [0.29, 0.717) is 0 Å². The lowest BCUT2D eigenvalue weighted by atomic mass is 10.3. The van der Waals surface area contributed by atoms with Gasteiger partial charge in [-0.05, 0) is 12.1 Å². The van der Waals surface area contributed by atoms with Crippen molar-refractivity contribution in [1.82, 2.24) is 9.97 Å². The number of aromatic amines is 1. The van der Waals surface area contributed by atoms with Crippen molar-refractivity contribution in [2.75, 3.05) is 5.32 Å². The van der Waals surface area contributed by atoms with Crippen LogP contribution in [0, 0.1) is 5.82 Å². The second-order valence-electron chi connectivity index (χ2n) is 3.42. The van der Waals surface area contributed by atoms with E-state index >= 15 is 0 Å². The first kappa shape index (κ1) is 11.8. The molecule has 3 N–H and O–H groups in total. The molecular formula is C11H8FN3O3. The Morgan fingerprint density at radius 2 is 2.22 bits per heavy atom. The summed E-state index contributed by atoms with van der Waals surface area (Å²) in [4.78, 5) is 28.3. The number of hydrogen-bond donors (Lipinski definition) is 3. The number of carbonyl (C=O) groups excluding carboxylic acids is 1. The molecular weight excluding hydrogens is 241 g/mol. The molecule has 6 nitrogen and oxygen atoms in total. The lowest BCUT2D eigenvalue weighted by Gasteiger charge is -2.04. The van der Waals surface area contributed by atoms with Crippen LogP contribution in [0.5, 0.6) is 5.75 Å². The van der Waals surface area contributed by atoms with Gasteiger partial charge in [0.1, 0.15) is 5.69 Å². The first-order chi connectivity index (χ1) is 8.56. The van der Waals surface area contributed by atoms with Gasteiger partial charge in [-0.2, -0.15) is 0 Å². The Kier molecular flexibility index (Phi) is 3.05. The molecule has 2 aromatic rings. The molecule has 7 heteroatoms. The summed E-state index contributed by atoms with van der Waals surface area (Å²) in [6.07, 6.45) is 2.11. The van der Waals surface area contributed by atoms with E-state index in [2.05, 4.69) is 15.3 Å². The average Bonchev–Trinajstić information content (AvgIpc) is 2.34. The van der Waals surface area contributed by atoms with Gasteiger partial charge in [0, 0.05) is 18.0 Å². The maximum absolute atomic E-state index is 13.0. The Hall–Kier alpha value is -2.70. The van der Waals surface area contributed by atoms with Gasteiger partial charge in [0.2, 0.25) is 0 Å². The van der Waals surface area contributed by atoms with E-state index in [1.807, 2.05) is 0 Å². The summed E-state index contributed by atoms with van der Waals surface area (Å²) in [5, 5.41) is 11.4. The summed E-state index contributed by atoms with van der Waals surface area (Å²) < 4.78 is 13.0. The van der Waals surface area contributed by atoms with E-state index < -0.39 is 23.0 Å². The zero-order chi connectivity index (χ0) is 13.1. The molecule has 0 fully saturated rings. The van der Waals surface area contributed by atoms with Crippen molar-refractivity contribution >= 4 is 11.6 Å². The summed E-state index contributed by atoms with van der Waals surface area (Å²) in [5.41, 5.74) is -0.270. The molecule has 0 aliphatic rings. The summed E-state index contributed by atoms with van der Waals surface area (Å²) in [5.74, 6) is -1.95. The third-order valence-corrected chi connectivity index (χ3v) is 2.11. The molecule has 1 heterocycles. The second kappa shape index (κ2) is 4.66. The second-order valence-corrected chi connectivity index (χ2v) is 3.42. The van der Waals surface area contributed by atoms with Crippen LogP contribution in [-0.4, -0.2) is 21.0 Å². The fourth-order valence-electron chi connectivity index (χ4n) is 1.25. The normalized spacial score (nSPS) is 10.1. The molecule has 92 valence electrons. The number of aromatic nitrogens is 2. The van der Waals surface area contributed by atoms with Crippen LogP contribution in [0.2, 0.25) is 0 Å². The molecule has 0 spiro atoms. The zero-order valence-electron chi connectivity index (χ0n) is 8.98. The number of aromatic hydroxyl groups is 1. The minimum atomic E-state index is -0.845. The van der Waals surface area contributed by atoms with Crippen molar-refractivity contribution < 1.29 is 14.3 Å². The first-order valence-electron chi connectivity index (χ1n) is 4.91. The fourth-order valence-corrected chi connectivity index (χ4v) is 1.25. The molecule has 1 amide bonds. The number of rotatable bonds is 2. The monoisotopic (exact) mass is 249 g/mol. The number of anilines is 1. The number of hydrogen-bond acceptors (Lipinski definition) is 4. The van der Waals surface area contributed by atoms with Gasteiger partial charge in [-0.15, -0.1) is 0 Å². The number of carbonyl (C=O) groups is 1. The van der Waals surface area contributed by atoms with Crippen LogP contribution in [0.3, 0.4) is 0 Å². The summed E-state index contributed by atoms with van der Waals surface area (Å²) in [6.45, 7) is 0. The lowest BCUT2D eigenvalue weighted by molar-refractivity contribution is 0.102. The van der Waals surface area contributed by atoms with E-state index in [-0.39, 0.29) is 11.4 Å². The Labute approximate surface area is 100 Å². The van der Waals surface area contributed by atoms with Crippen LogP contribution in [0.25, 0.3) is 0 Å². The van der Waals surface area contributed by atoms with Crippen molar-refractivity contribution in [3.05, 3.63) is 52.5 Å². The standard InChI is InChI=1S/C11H8FN3O3/c12-7-3-6(1-2-9(7)16)15-11(18)8-4-14-10(17)5-13-8/h1-5,16H,(H,14,17)(H,15,18). The summed E-state index contributed by atoms with van der Waals surface area (Å²) >= 11 is 0. The van der Waals surface area contributed by atoms with Gasteiger partial charge in [0.25, 0.3) is 11.5 Å². The molecule has 18 heavy (non-hydrogen) atoms. The van der Waals surface area contributed by atoms with Gasteiger partial charge in [0.15, 0.2) is 11.6 Å². The number of halogens is 1. The van der Waals surface area contributed by atoms with E-state index in [9.17, 15) is 14.0 Å². The van der Waals surface area contributed by atoms with Gasteiger partial charge in [0.05, 0.1) is 6.20 Å². The van der Waals surface area contributed by atoms with Crippen LogP contribution in [0.4, 0.5) is 10.1 Å². The maximum Gasteiger partial charge on any atom is 0.275 e. The number of phenolic OH excluding ortho intramolecular Hbond substituents is 1. The molecule has 2 rings (SSSR count). The van der Waals surface area contributed by atoms with Crippen LogP contribution in [0.15, 0.2) is 35.4 Å². The molecule has 0 radical (unpaired) electrons. The molecule has 0 saturated carbocycles. The number of benzene rings is 1. The zero-order valence-corrected chi connectivity index (χ0v) is 8.98. The Bertz CT molecular complexity index is 634. The van der Waals surface area contributed by atoms with Gasteiger partial charge in [-0.1, -0.05) is 0 Å². The lowest BCUT2D eigenvalue weighted by Crippen LogP contribution is -2.16. The minimum Gasteiger partial charge on any atom is -0.505 e. The van der Waals surface area contributed by atoms with Gasteiger partial charge in [-0.3, -0.25) is 9.59 Å². The molecule has 0 aliphatic carbocycles. The molecule has 0 atom stereocenters. The van der Waals surface area contributed by atoms with Crippen molar-refractivity contribution in [1.29, 1.82) is 0 Å². The van der Waals surface area contributed by atoms with Crippen LogP contribution < -0.4 is 10.9 Å². The molecule has 0 saturated heterocycles. The van der Waals surface area contributed by atoms with E-state index in [4.69, 9.17) is 5.11 Å². The maximum atomic E-state index is 13.0. The topological polar surface area (TPSA) is 95.1 Å². The fraction of sp³-hybridized carbons (Fsp3) is 0. The number of amides is 1. The highest BCUT2D eigenvalue weighted by Gasteiger charge is 2.09. The quantitative estimate of drug-likeness (QED) is 0.688. The van der Waals surface area contributed by atoms with Crippen molar-refractivity contribution in [2.24, 2.45) is 0 Å². The molecule has 0 bridgehead atoms. The smallest absolute Gasteiger partial charge is 0.275 e. The van der Waals surface area contributed by atoms with Gasteiger partial charge in [-0.25, -0.2) is 9.37 Å².